The van der Waals surface area contributed by atoms with E-state index in [1.54, 1.807) is 24.3 Å². The summed E-state index contributed by atoms with van der Waals surface area (Å²) in [6.45, 7) is 0. The highest BCUT2D eigenvalue weighted by molar-refractivity contribution is 6.30. The van der Waals surface area contributed by atoms with Gasteiger partial charge >= 0.3 is 6.18 Å². The number of alkyl halides is 3. The van der Waals surface area contributed by atoms with Crippen LogP contribution in [0.2, 0.25) is 5.02 Å². The average molecular weight is 448 g/mol. The van der Waals surface area contributed by atoms with Gasteiger partial charge in [0.05, 0.1) is 17.6 Å². The SMILES string of the molecule is Cn1cnc2c(C(=O)Nc3cccc(C(F)(F)F)c3)nn(-c3ccc(Cl)cc3)c2c1=O. The fourth-order valence-electron chi connectivity index (χ4n) is 2.97. The molecule has 1 N–H and O–H groups in total. The van der Waals surface area contributed by atoms with E-state index in [9.17, 15) is 22.8 Å². The number of fused-ring (bicyclic) bond motifs is 1. The highest BCUT2D eigenvalue weighted by atomic mass is 35.5. The molecule has 0 atom stereocenters. The molecule has 0 radical (unpaired) electrons. The molecule has 0 fully saturated rings. The summed E-state index contributed by atoms with van der Waals surface area (Å²) in [5, 5.41) is 7.07. The van der Waals surface area contributed by atoms with E-state index in [4.69, 9.17) is 11.6 Å². The van der Waals surface area contributed by atoms with Crippen LogP contribution < -0.4 is 10.9 Å². The summed E-state index contributed by atoms with van der Waals surface area (Å²) in [5.74, 6) is -0.808. The molecule has 0 saturated heterocycles. The zero-order chi connectivity index (χ0) is 22.3. The Morgan fingerprint density at radius 1 is 1.13 bits per heavy atom. The van der Waals surface area contributed by atoms with Crippen LogP contribution in [0.15, 0.2) is 59.7 Å². The van der Waals surface area contributed by atoms with Crippen LogP contribution in [0.5, 0.6) is 0 Å². The smallest absolute Gasteiger partial charge is 0.321 e. The van der Waals surface area contributed by atoms with Gasteiger partial charge in [0.25, 0.3) is 11.5 Å². The molecule has 1 amide bonds. The predicted molar refractivity (Wildman–Crippen MR) is 109 cm³/mol. The number of halogens is 4. The number of nitrogens with one attached hydrogen (secondary N) is 1. The van der Waals surface area contributed by atoms with Gasteiger partial charge in [-0.05, 0) is 42.5 Å². The van der Waals surface area contributed by atoms with Crippen molar-refractivity contribution in [2.24, 2.45) is 7.05 Å². The quantitative estimate of drug-likeness (QED) is 0.514. The van der Waals surface area contributed by atoms with E-state index >= 15 is 0 Å². The van der Waals surface area contributed by atoms with E-state index in [1.165, 1.54) is 34.8 Å². The Labute approximate surface area is 177 Å². The fraction of sp³-hybridized carbons (Fsp3) is 0.100. The lowest BCUT2D eigenvalue weighted by Crippen LogP contribution is -2.19. The molecule has 4 rings (SSSR count). The van der Waals surface area contributed by atoms with Crippen molar-refractivity contribution >= 4 is 34.2 Å². The number of aryl methyl sites for hydroxylation is 1. The maximum absolute atomic E-state index is 13.0. The second-order valence-corrected chi connectivity index (χ2v) is 7.06. The molecule has 11 heteroatoms. The third-order valence-electron chi connectivity index (χ3n) is 4.48. The number of hydrogen-bond donors (Lipinski definition) is 1. The van der Waals surface area contributed by atoms with Gasteiger partial charge in [-0.25, -0.2) is 9.67 Å². The van der Waals surface area contributed by atoms with Crippen molar-refractivity contribution < 1.29 is 18.0 Å². The molecule has 0 aliphatic rings. The number of nitrogens with zero attached hydrogens (tertiary/aromatic N) is 4. The van der Waals surface area contributed by atoms with Crippen LogP contribution in [-0.4, -0.2) is 25.2 Å². The average Bonchev–Trinajstić information content (AvgIpc) is 3.11. The van der Waals surface area contributed by atoms with Gasteiger partial charge in [-0.1, -0.05) is 17.7 Å². The van der Waals surface area contributed by atoms with Crippen molar-refractivity contribution in [3.8, 4) is 5.69 Å². The second kappa shape index (κ2) is 7.55. The molecule has 4 aromatic rings. The molecule has 2 aromatic carbocycles. The number of anilines is 1. The Bertz CT molecular complexity index is 1360. The molecule has 7 nitrogen and oxygen atoms in total. The summed E-state index contributed by atoms with van der Waals surface area (Å²) < 4.78 is 41.3. The number of hydrogen-bond acceptors (Lipinski definition) is 4. The molecule has 0 unspecified atom stereocenters. The minimum Gasteiger partial charge on any atom is -0.321 e. The van der Waals surface area contributed by atoms with Crippen LogP contribution in [0, 0.1) is 0 Å². The second-order valence-electron chi connectivity index (χ2n) is 6.63. The van der Waals surface area contributed by atoms with Crippen molar-refractivity contribution in [2.45, 2.75) is 6.18 Å². The summed E-state index contributed by atoms with van der Waals surface area (Å²) in [5.41, 5.74) is -1.13. The molecule has 0 spiro atoms. The van der Waals surface area contributed by atoms with Crippen molar-refractivity contribution in [2.75, 3.05) is 5.32 Å². The molecule has 0 saturated carbocycles. The normalized spacial score (nSPS) is 11.6. The maximum Gasteiger partial charge on any atom is 0.416 e. The summed E-state index contributed by atoms with van der Waals surface area (Å²) in [6.07, 6.45) is -3.32. The Morgan fingerprint density at radius 2 is 1.84 bits per heavy atom. The number of carbonyl (C=O) groups excluding carboxylic acids is 1. The van der Waals surface area contributed by atoms with Crippen molar-refractivity contribution in [1.82, 2.24) is 19.3 Å². The Morgan fingerprint density at radius 3 is 2.52 bits per heavy atom. The minimum absolute atomic E-state index is 0.0162. The fourth-order valence-corrected chi connectivity index (χ4v) is 3.10. The Hall–Kier alpha value is -3.66. The minimum atomic E-state index is -4.56. The number of rotatable bonds is 3. The van der Waals surface area contributed by atoms with Gasteiger partial charge in [-0.15, -0.1) is 0 Å². The molecule has 31 heavy (non-hydrogen) atoms. The van der Waals surface area contributed by atoms with Crippen LogP contribution in [0.4, 0.5) is 18.9 Å². The van der Waals surface area contributed by atoms with Gasteiger partial charge in [-0.3, -0.25) is 9.59 Å². The molecule has 2 aromatic heterocycles. The molecular weight excluding hydrogens is 435 g/mol. The van der Waals surface area contributed by atoms with Crippen molar-refractivity contribution in [3.63, 3.8) is 0 Å². The third-order valence-corrected chi connectivity index (χ3v) is 4.73. The first-order valence-electron chi connectivity index (χ1n) is 8.84. The van der Waals surface area contributed by atoms with Crippen LogP contribution >= 0.6 is 11.6 Å². The van der Waals surface area contributed by atoms with Crippen LogP contribution in [-0.2, 0) is 13.2 Å². The summed E-state index contributed by atoms with van der Waals surface area (Å²) >= 11 is 5.91. The van der Waals surface area contributed by atoms with Crippen LogP contribution in [0.25, 0.3) is 16.7 Å². The lowest BCUT2D eigenvalue weighted by atomic mass is 10.2. The molecule has 158 valence electrons. The van der Waals surface area contributed by atoms with Crippen LogP contribution in [0.1, 0.15) is 16.1 Å². The molecular formula is C20H13ClF3N5O2. The molecule has 2 heterocycles. The van der Waals surface area contributed by atoms with E-state index in [0.717, 1.165) is 12.1 Å². The highest BCUT2D eigenvalue weighted by Gasteiger charge is 2.31. The molecule has 0 bridgehead atoms. The predicted octanol–water partition coefficient (Wildman–Crippen LogP) is 4.04. The Balaban J connectivity index is 1.81. The first-order valence-corrected chi connectivity index (χ1v) is 9.22. The van der Waals surface area contributed by atoms with Gasteiger partial charge in [0.1, 0.15) is 5.52 Å². The monoisotopic (exact) mass is 447 g/mol. The van der Waals surface area contributed by atoms with E-state index in [2.05, 4.69) is 15.4 Å². The van der Waals surface area contributed by atoms with Crippen molar-refractivity contribution in [3.05, 3.63) is 81.5 Å². The van der Waals surface area contributed by atoms with E-state index in [-0.39, 0.29) is 22.4 Å². The molecule has 0 aliphatic heterocycles. The number of benzene rings is 2. The van der Waals surface area contributed by atoms with E-state index in [0.29, 0.717) is 10.7 Å². The largest absolute Gasteiger partial charge is 0.416 e. The molecule has 0 aliphatic carbocycles. The first kappa shape index (κ1) is 20.6. The van der Waals surface area contributed by atoms with Crippen LogP contribution in [0.3, 0.4) is 0 Å². The lowest BCUT2D eigenvalue weighted by molar-refractivity contribution is -0.137. The van der Waals surface area contributed by atoms with E-state index in [1.807, 2.05) is 0 Å². The zero-order valence-electron chi connectivity index (χ0n) is 15.8. The Kier molecular flexibility index (Phi) is 5.02. The van der Waals surface area contributed by atoms with Gasteiger partial charge in [0.15, 0.2) is 11.2 Å². The van der Waals surface area contributed by atoms with E-state index < -0.39 is 23.2 Å². The topological polar surface area (TPSA) is 81.8 Å². The van der Waals surface area contributed by atoms with Gasteiger partial charge in [0.2, 0.25) is 0 Å². The first-order chi connectivity index (χ1) is 14.6. The number of carbonyl (C=O) groups is 1. The lowest BCUT2D eigenvalue weighted by Gasteiger charge is -2.09. The third kappa shape index (κ3) is 3.89. The number of aromatic nitrogens is 4. The van der Waals surface area contributed by atoms with Gasteiger partial charge in [0, 0.05) is 17.8 Å². The highest BCUT2D eigenvalue weighted by Crippen LogP contribution is 2.31. The summed E-state index contributed by atoms with van der Waals surface area (Å²) in [4.78, 5) is 29.7. The summed E-state index contributed by atoms with van der Waals surface area (Å²) in [6, 6.07) is 10.6. The van der Waals surface area contributed by atoms with Crippen molar-refractivity contribution in [1.29, 1.82) is 0 Å². The van der Waals surface area contributed by atoms with Gasteiger partial charge in [-0.2, -0.15) is 18.3 Å². The number of amides is 1. The zero-order valence-corrected chi connectivity index (χ0v) is 16.6. The standard InChI is InChI=1S/C20H13ClF3N5O2/c1-28-10-25-15-16(18(30)26-13-4-2-3-11(9-13)20(22,23)24)27-29(17(15)19(28)31)14-7-5-12(21)6-8-14/h2-10H,1H3,(H,26,30). The maximum atomic E-state index is 13.0. The van der Waals surface area contributed by atoms with Gasteiger partial charge < -0.3 is 9.88 Å². The summed E-state index contributed by atoms with van der Waals surface area (Å²) in [7, 11) is 1.50.